The van der Waals surface area contributed by atoms with E-state index in [4.69, 9.17) is 5.11 Å². The predicted molar refractivity (Wildman–Crippen MR) is 53.4 cm³/mol. The van der Waals surface area contributed by atoms with Crippen molar-refractivity contribution in [3.05, 3.63) is 36.2 Å². The number of hydrogen-bond acceptors (Lipinski definition) is 3. The summed E-state index contributed by atoms with van der Waals surface area (Å²) < 4.78 is 1.47. The Bertz CT molecular complexity index is 491. The number of aryl methyl sites for hydroxylation is 1. The number of aromatic nitrogens is 3. The van der Waals surface area contributed by atoms with E-state index in [9.17, 15) is 4.79 Å². The van der Waals surface area contributed by atoms with Crippen LogP contribution >= 0.6 is 0 Å². The van der Waals surface area contributed by atoms with E-state index in [2.05, 4.69) is 10.1 Å². The highest BCUT2D eigenvalue weighted by Crippen LogP contribution is 2.18. The topological polar surface area (TPSA) is 68.0 Å². The molecule has 2 heterocycles. The van der Waals surface area contributed by atoms with E-state index in [1.807, 2.05) is 0 Å². The van der Waals surface area contributed by atoms with Gasteiger partial charge in [-0.15, -0.1) is 0 Å². The molecule has 0 aromatic carbocycles. The second-order valence-corrected chi connectivity index (χ2v) is 3.09. The quantitative estimate of drug-likeness (QED) is 0.795. The van der Waals surface area contributed by atoms with E-state index < -0.39 is 5.97 Å². The smallest absolute Gasteiger partial charge is 0.339 e. The van der Waals surface area contributed by atoms with Crippen molar-refractivity contribution < 1.29 is 9.90 Å². The molecule has 0 atom stereocenters. The Kier molecular flexibility index (Phi) is 2.21. The third-order valence-electron chi connectivity index (χ3n) is 1.97. The van der Waals surface area contributed by atoms with E-state index in [1.165, 1.54) is 10.9 Å². The fourth-order valence-corrected chi connectivity index (χ4v) is 1.34. The van der Waals surface area contributed by atoms with Crippen LogP contribution in [0.25, 0.3) is 11.4 Å². The molecule has 5 nitrogen and oxygen atoms in total. The number of pyridine rings is 1. The van der Waals surface area contributed by atoms with Crippen LogP contribution in [0.4, 0.5) is 0 Å². The molecule has 0 spiro atoms. The van der Waals surface area contributed by atoms with Gasteiger partial charge < -0.3 is 5.11 Å². The number of nitrogens with zero attached hydrogens (tertiary/aromatic N) is 3. The summed E-state index contributed by atoms with van der Waals surface area (Å²) >= 11 is 0. The molecule has 0 saturated carbocycles. The average Bonchev–Trinajstić information content (AvgIpc) is 2.62. The highest BCUT2D eigenvalue weighted by atomic mass is 16.4. The molecule has 0 saturated heterocycles. The Labute approximate surface area is 86.0 Å². The van der Waals surface area contributed by atoms with Crippen LogP contribution in [0.15, 0.2) is 30.6 Å². The Hall–Kier alpha value is -2.17. The van der Waals surface area contributed by atoms with E-state index in [1.54, 1.807) is 31.4 Å². The van der Waals surface area contributed by atoms with Gasteiger partial charge in [0, 0.05) is 19.4 Å². The first-order valence-electron chi connectivity index (χ1n) is 4.37. The summed E-state index contributed by atoms with van der Waals surface area (Å²) in [5.41, 5.74) is 1.12. The first kappa shape index (κ1) is 9.39. The summed E-state index contributed by atoms with van der Waals surface area (Å²) in [6.07, 6.45) is 3.07. The second-order valence-electron chi connectivity index (χ2n) is 3.09. The van der Waals surface area contributed by atoms with Crippen molar-refractivity contribution in [2.45, 2.75) is 0 Å². The van der Waals surface area contributed by atoms with E-state index >= 15 is 0 Å². The monoisotopic (exact) mass is 203 g/mol. The van der Waals surface area contributed by atoms with Gasteiger partial charge in [-0.2, -0.15) is 5.10 Å². The van der Waals surface area contributed by atoms with Crippen LogP contribution in [0.5, 0.6) is 0 Å². The van der Waals surface area contributed by atoms with E-state index in [0.717, 1.165) is 0 Å². The molecule has 0 aliphatic heterocycles. The molecule has 76 valence electrons. The first-order chi connectivity index (χ1) is 7.18. The summed E-state index contributed by atoms with van der Waals surface area (Å²) in [7, 11) is 1.68. The molecule has 0 bridgehead atoms. The van der Waals surface area contributed by atoms with Crippen molar-refractivity contribution in [3.63, 3.8) is 0 Å². The van der Waals surface area contributed by atoms with Gasteiger partial charge in [-0.05, 0) is 12.1 Å². The summed E-state index contributed by atoms with van der Waals surface area (Å²) in [5, 5.41) is 13.0. The maximum absolute atomic E-state index is 10.9. The summed E-state index contributed by atoms with van der Waals surface area (Å²) in [6, 6.07) is 5.30. The van der Waals surface area contributed by atoms with E-state index in [-0.39, 0.29) is 5.56 Å². The van der Waals surface area contributed by atoms with Gasteiger partial charge in [-0.3, -0.25) is 9.67 Å². The molecule has 2 aromatic heterocycles. The third-order valence-corrected chi connectivity index (χ3v) is 1.97. The SMILES string of the molecule is Cn1cc(C(=O)O)c(-c2ccccn2)n1. The summed E-state index contributed by atoms with van der Waals surface area (Å²) in [4.78, 5) is 15.0. The van der Waals surface area contributed by atoms with Crippen LogP contribution < -0.4 is 0 Å². The van der Waals surface area contributed by atoms with Crippen LogP contribution in [-0.2, 0) is 7.05 Å². The zero-order valence-corrected chi connectivity index (χ0v) is 8.08. The van der Waals surface area contributed by atoms with Crippen LogP contribution in [-0.4, -0.2) is 25.8 Å². The van der Waals surface area contributed by atoms with Crippen molar-refractivity contribution >= 4 is 5.97 Å². The predicted octanol–water partition coefficient (Wildman–Crippen LogP) is 1.18. The third kappa shape index (κ3) is 1.71. The number of carboxylic acid groups (broad SMARTS) is 1. The van der Waals surface area contributed by atoms with Crippen LogP contribution in [0, 0.1) is 0 Å². The average molecular weight is 203 g/mol. The lowest BCUT2D eigenvalue weighted by Gasteiger charge is -1.96. The van der Waals surface area contributed by atoms with Gasteiger partial charge in [0.05, 0.1) is 5.69 Å². The highest BCUT2D eigenvalue weighted by molar-refractivity contribution is 5.94. The summed E-state index contributed by atoms with van der Waals surface area (Å²) in [5.74, 6) is -0.997. The Balaban J connectivity index is 2.58. The highest BCUT2D eigenvalue weighted by Gasteiger charge is 2.16. The van der Waals surface area contributed by atoms with Crippen molar-refractivity contribution in [2.24, 2.45) is 7.05 Å². The van der Waals surface area contributed by atoms with Crippen molar-refractivity contribution in [1.82, 2.24) is 14.8 Å². The molecule has 0 aliphatic rings. The molecule has 0 amide bonds. The van der Waals surface area contributed by atoms with Gasteiger partial charge in [-0.1, -0.05) is 6.07 Å². The molecule has 0 unspecified atom stereocenters. The minimum Gasteiger partial charge on any atom is -0.478 e. The van der Waals surface area contributed by atoms with Crippen LogP contribution in [0.2, 0.25) is 0 Å². The van der Waals surface area contributed by atoms with Gasteiger partial charge >= 0.3 is 5.97 Å². The number of hydrogen-bond donors (Lipinski definition) is 1. The molecule has 1 N–H and O–H groups in total. The molecule has 15 heavy (non-hydrogen) atoms. The minimum atomic E-state index is -0.997. The number of carbonyl (C=O) groups is 1. The maximum atomic E-state index is 10.9. The lowest BCUT2D eigenvalue weighted by atomic mass is 10.2. The standard InChI is InChI=1S/C10H9N3O2/c1-13-6-7(10(14)15)9(12-13)8-4-2-3-5-11-8/h2-6H,1H3,(H,14,15). The minimum absolute atomic E-state index is 0.163. The van der Waals surface area contributed by atoms with Crippen molar-refractivity contribution in [2.75, 3.05) is 0 Å². The zero-order chi connectivity index (χ0) is 10.8. The maximum Gasteiger partial charge on any atom is 0.339 e. The number of carboxylic acids is 1. The molecule has 0 fully saturated rings. The van der Waals surface area contributed by atoms with Gasteiger partial charge in [0.2, 0.25) is 0 Å². The molecular weight excluding hydrogens is 194 g/mol. The fourth-order valence-electron chi connectivity index (χ4n) is 1.34. The lowest BCUT2D eigenvalue weighted by molar-refractivity contribution is 0.0697. The number of aromatic carboxylic acids is 1. The molecule has 2 rings (SSSR count). The largest absolute Gasteiger partial charge is 0.478 e. The molecule has 0 radical (unpaired) electrons. The molecular formula is C10H9N3O2. The second kappa shape index (κ2) is 3.53. The normalized spacial score (nSPS) is 10.2. The van der Waals surface area contributed by atoms with Gasteiger partial charge in [0.25, 0.3) is 0 Å². The summed E-state index contributed by atoms with van der Waals surface area (Å²) in [6.45, 7) is 0. The molecule has 2 aromatic rings. The Morgan fingerprint density at radius 1 is 1.47 bits per heavy atom. The van der Waals surface area contributed by atoms with Gasteiger partial charge in [-0.25, -0.2) is 4.79 Å². The molecule has 5 heteroatoms. The Morgan fingerprint density at radius 2 is 2.27 bits per heavy atom. The first-order valence-corrected chi connectivity index (χ1v) is 4.37. The van der Waals surface area contributed by atoms with Crippen molar-refractivity contribution in [3.8, 4) is 11.4 Å². The lowest BCUT2D eigenvalue weighted by Crippen LogP contribution is -1.97. The molecule has 0 aliphatic carbocycles. The Morgan fingerprint density at radius 3 is 2.87 bits per heavy atom. The van der Waals surface area contributed by atoms with Gasteiger partial charge in [0.15, 0.2) is 0 Å². The zero-order valence-electron chi connectivity index (χ0n) is 8.08. The van der Waals surface area contributed by atoms with E-state index in [0.29, 0.717) is 11.4 Å². The van der Waals surface area contributed by atoms with Crippen LogP contribution in [0.1, 0.15) is 10.4 Å². The van der Waals surface area contributed by atoms with Gasteiger partial charge in [0.1, 0.15) is 11.3 Å². The van der Waals surface area contributed by atoms with Crippen molar-refractivity contribution in [1.29, 1.82) is 0 Å². The van der Waals surface area contributed by atoms with Crippen LogP contribution in [0.3, 0.4) is 0 Å². The number of rotatable bonds is 2. The fraction of sp³-hybridized carbons (Fsp3) is 0.100.